The molecule has 90 valence electrons. The van der Waals surface area contributed by atoms with E-state index in [1.807, 2.05) is 12.3 Å². The van der Waals surface area contributed by atoms with Crippen LogP contribution in [0.5, 0.6) is 0 Å². The summed E-state index contributed by atoms with van der Waals surface area (Å²) in [4.78, 5) is 4.30. The van der Waals surface area contributed by atoms with Crippen molar-refractivity contribution in [3.63, 3.8) is 0 Å². The third-order valence-corrected chi connectivity index (χ3v) is 3.21. The summed E-state index contributed by atoms with van der Waals surface area (Å²) in [6.07, 6.45) is 0.878. The average molecular weight is 254 g/mol. The molecule has 2 nitrogen and oxygen atoms in total. The van der Waals surface area contributed by atoms with Crippen molar-refractivity contribution in [1.82, 2.24) is 4.98 Å². The van der Waals surface area contributed by atoms with E-state index in [-0.39, 0.29) is 0 Å². The Kier molecular flexibility index (Phi) is 3.68. The minimum absolute atomic E-state index is 0.308. The third kappa shape index (κ3) is 3.00. The van der Waals surface area contributed by atoms with E-state index in [0.29, 0.717) is 12.1 Å². The minimum Gasteiger partial charge on any atom is -0.357 e. The normalized spacial score (nSPS) is 10.5. The molecule has 1 N–H and O–H groups in total. The van der Waals surface area contributed by atoms with Crippen LogP contribution in [-0.4, -0.2) is 4.98 Å². The van der Waals surface area contributed by atoms with E-state index in [4.69, 9.17) is 0 Å². The van der Waals surface area contributed by atoms with Gasteiger partial charge < -0.3 is 5.32 Å². The van der Waals surface area contributed by atoms with Gasteiger partial charge in [-0.25, -0.2) is 13.8 Å². The van der Waals surface area contributed by atoms with Crippen LogP contribution in [0.2, 0.25) is 0 Å². The quantitative estimate of drug-likeness (QED) is 0.901. The Balaban J connectivity index is 2.02. The Bertz CT molecular complexity index is 511. The molecule has 0 amide bonds. The number of hydrogen-bond donors (Lipinski definition) is 1. The van der Waals surface area contributed by atoms with Crippen LogP contribution < -0.4 is 5.32 Å². The summed E-state index contributed by atoms with van der Waals surface area (Å²) in [5.41, 5.74) is 1.44. The lowest BCUT2D eigenvalue weighted by Gasteiger charge is -2.04. The van der Waals surface area contributed by atoms with Gasteiger partial charge in [-0.3, -0.25) is 0 Å². The largest absolute Gasteiger partial charge is 0.357 e. The second-order valence-electron chi connectivity index (χ2n) is 3.59. The van der Waals surface area contributed by atoms with Gasteiger partial charge in [-0.15, -0.1) is 11.3 Å². The molecule has 17 heavy (non-hydrogen) atoms. The van der Waals surface area contributed by atoms with Gasteiger partial charge in [0, 0.05) is 23.6 Å². The fourth-order valence-electron chi connectivity index (χ4n) is 1.39. The molecular formula is C12H12F2N2S. The Morgan fingerprint density at radius 1 is 1.35 bits per heavy atom. The Morgan fingerprint density at radius 2 is 2.18 bits per heavy atom. The lowest BCUT2D eigenvalue weighted by molar-refractivity contribution is 0.574. The van der Waals surface area contributed by atoms with Crippen LogP contribution in [0.15, 0.2) is 23.6 Å². The summed E-state index contributed by atoms with van der Waals surface area (Å²) < 4.78 is 26.0. The summed E-state index contributed by atoms with van der Waals surface area (Å²) in [5, 5.41) is 5.74. The molecule has 1 aromatic carbocycles. The molecule has 5 heteroatoms. The van der Waals surface area contributed by atoms with Gasteiger partial charge in [-0.05, 0) is 12.5 Å². The molecular weight excluding hydrogens is 242 g/mol. The number of anilines is 1. The number of benzene rings is 1. The average Bonchev–Trinajstić information content (AvgIpc) is 2.76. The third-order valence-electron chi connectivity index (χ3n) is 2.36. The monoisotopic (exact) mass is 254 g/mol. The summed E-state index contributed by atoms with van der Waals surface area (Å²) in [6.45, 7) is 2.33. The van der Waals surface area contributed by atoms with Crippen molar-refractivity contribution in [3.05, 3.63) is 46.5 Å². The maximum Gasteiger partial charge on any atom is 0.183 e. The van der Waals surface area contributed by atoms with Crippen molar-refractivity contribution in [2.24, 2.45) is 0 Å². The molecule has 0 saturated carbocycles. The van der Waals surface area contributed by atoms with E-state index in [1.165, 1.54) is 23.5 Å². The molecule has 0 saturated heterocycles. The van der Waals surface area contributed by atoms with Crippen molar-refractivity contribution in [1.29, 1.82) is 0 Å². The molecule has 1 heterocycles. The van der Waals surface area contributed by atoms with E-state index in [0.717, 1.165) is 23.3 Å². The van der Waals surface area contributed by atoms with Gasteiger partial charge in [-0.1, -0.05) is 13.0 Å². The summed E-state index contributed by atoms with van der Waals surface area (Å²) in [6, 6.07) is 3.57. The highest BCUT2D eigenvalue weighted by Gasteiger charge is 2.05. The van der Waals surface area contributed by atoms with Crippen LogP contribution >= 0.6 is 11.3 Å². The molecule has 0 radical (unpaired) electrons. The Hall–Kier alpha value is -1.49. The van der Waals surface area contributed by atoms with Gasteiger partial charge in [0.05, 0.1) is 5.69 Å². The molecule has 1 aromatic heterocycles. The van der Waals surface area contributed by atoms with Crippen LogP contribution in [0, 0.1) is 11.6 Å². The first-order chi connectivity index (χ1) is 8.19. The summed E-state index contributed by atoms with van der Waals surface area (Å²) in [7, 11) is 0. The highest BCUT2D eigenvalue weighted by Crippen LogP contribution is 2.17. The lowest BCUT2D eigenvalue weighted by Crippen LogP contribution is -2.02. The summed E-state index contributed by atoms with van der Waals surface area (Å²) in [5.74, 6) is -1.10. The van der Waals surface area contributed by atoms with E-state index < -0.39 is 11.6 Å². The second kappa shape index (κ2) is 5.23. The van der Waals surface area contributed by atoms with E-state index >= 15 is 0 Å². The maximum atomic E-state index is 13.3. The molecule has 0 aliphatic rings. The topological polar surface area (TPSA) is 24.9 Å². The van der Waals surface area contributed by atoms with Crippen LogP contribution in [0.4, 0.5) is 13.9 Å². The van der Waals surface area contributed by atoms with Gasteiger partial charge in [0.2, 0.25) is 0 Å². The fourth-order valence-corrected chi connectivity index (χ4v) is 2.18. The zero-order valence-electron chi connectivity index (χ0n) is 9.34. The van der Waals surface area contributed by atoms with E-state index in [1.54, 1.807) is 0 Å². The Morgan fingerprint density at radius 3 is 2.82 bits per heavy atom. The van der Waals surface area contributed by atoms with Gasteiger partial charge in [0.15, 0.2) is 5.13 Å². The van der Waals surface area contributed by atoms with Crippen molar-refractivity contribution >= 4 is 16.5 Å². The van der Waals surface area contributed by atoms with Gasteiger partial charge in [0.1, 0.15) is 11.6 Å². The van der Waals surface area contributed by atoms with Crippen LogP contribution in [0.1, 0.15) is 18.2 Å². The highest BCUT2D eigenvalue weighted by molar-refractivity contribution is 7.13. The first-order valence-corrected chi connectivity index (χ1v) is 6.19. The molecule has 2 aromatic rings. The second-order valence-corrected chi connectivity index (χ2v) is 4.44. The number of rotatable bonds is 4. The van der Waals surface area contributed by atoms with Crippen molar-refractivity contribution in [3.8, 4) is 0 Å². The minimum atomic E-state index is -0.561. The molecule has 0 unspecified atom stereocenters. The number of aryl methyl sites for hydroxylation is 1. The molecule has 0 bridgehead atoms. The Labute approximate surface area is 102 Å². The molecule has 0 aliphatic carbocycles. The van der Waals surface area contributed by atoms with Gasteiger partial charge >= 0.3 is 0 Å². The SMILES string of the molecule is CCc1csc(NCc2ccc(F)cc2F)n1. The maximum absolute atomic E-state index is 13.3. The zero-order chi connectivity index (χ0) is 12.3. The molecule has 0 spiro atoms. The number of aromatic nitrogens is 1. The number of nitrogens with zero attached hydrogens (tertiary/aromatic N) is 1. The standard InChI is InChI=1S/C12H12F2N2S/c1-2-10-7-17-12(16-10)15-6-8-3-4-9(13)5-11(8)14/h3-5,7H,2,6H2,1H3,(H,15,16). The number of thiazole rings is 1. The predicted molar refractivity (Wildman–Crippen MR) is 65.2 cm³/mol. The summed E-state index contributed by atoms with van der Waals surface area (Å²) >= 11 is 1.48. The van der Waals surface area contributed by atoms with Crippen molar-refractivity contribution in [2.45, 2.75) is 19.9 Å². The number of hydrogen-bond acceptors (Lipinski definition) is 3. The fraction of sp³-hybridized carbons (Fsp3) is 0.250. The van der Waals surface area contributed by atoms with Crippen LogP contribution in [0.25, 0.3) is 0 Å². The lowest BCUT2D eigenvalue weighted by atomic mass is 10.2. The first-order valence-electron chi connectivity index (χ1n) is 5.31. The van der Waals surface area contributed by atoms with E-state index in [9.17, 15) is 8.78 Å². The molecule has 0 aliphatic heterocycles. The zero-order valence-corrected chi connectivity index (χ0v) is 10.2. The highest BCUT2D eigenvalue weighted by atomic mass is 32.1. The van der Waals surface area contributed by atoms with E-state index in [2.05, 4.69) is 10.3 Å². The molecule has 2 rings (SSSR count). The molecule has 0 fully saturated rings. The van der Waals surface area contributed by atoms with Crippen LogP contribution in [-0.2, 0) is 13.0 Å². The van der Waals surface area contributed by atoms with Gasteiger partial charge in [0.25, 0.3) is 0 Å². The van der Waals surface area contributed by atoms with Gasteiger partial charge in [-0.2, -0.15) is 0 Å². The van der Waals surface area contributed by atoms with Crippen molar-refractivity contribution < 1.29 is 8.78 Å². The predicted octanol–water partition coefficient (Wildman–Crippen LogP) is 3.60. The molecule has 0 atom stereocenters. The van der Waals surface area contributed by atoms with Crippen LogP contribution in [0.3, 0.4) is 0 Å². The smallest absolute Gasteiger partial charge is 0.183 e. The van der Waals surface area contributed by atoms with Crippen molar-refractivity contribution in [2.75, 3.05) is 5.32 Å². The number of nitrogens with one attached hydrogen (secondary N) is 1. The number of halogens is 2. The first kappa shape index (κ1) is 12.0.